The summed E-state index contributed by atoms with van der Waals surface area (Å²) >= 11 is 0. The van der Waals surface area contributed by atoms with E-state index in [9.17, 15) is 5.11 Å². The number of hydrogen-bond acceptors (Lipinski definition) is 5. The molecular weight excluding hydrogens is 420 g/mol. The van der Waals surface area contributed by atoms with Gasteiger partial charge < -0.3 is 10.4 Å². The molecule has 2 aromatic heterocycles. The Kier molecular flexibility index (Phi) is 4.69. The molecule has 6 rings (SSSR count). The summed E-state index contributed by atoms with van der Waals surface area (Å²) in [6, 6.07) is 28.2. The number of anilines is 5. The van der Waals surface area contributed by atoms with Crippen molar-refractivity contribution in [2.24, 2.45) is 0 Å². The maximum atomic E-state index is 10.3. The van der Waals surface area contributed by atoms with Crippen LogP contribution in [0, 0.1) is 0 Å². The van der Waals surface area contributed by atoms with Gasteiger partial charge in [0, 0.05) is 17.1 Å². The van der Waals surface area contributed by atoms with Crippen molar-refractivity contribution in [2.75, 3.05) is 10.2 Å². The SMILES string of the molecule is CC(C)c1ccnc(N2c3ccccc3Nc3ccc(-c4ccc5cccc(O)c5n4)cc32)c1. The Morgan fingerprint density at radius 3 is 2.56 bits per heavy atom. The predicted octanol–water partition coefficient (Wildman–Crippen LogP) is 7.65. The second-order valence-corrected chi connectivity index (χ2v) is 8.86. The van der Waals surface area contributed by atoms with Crippen LogP contribution in [-0.2, 0) is 0 Å². The summed E-state index contributed by atoms with van der Waals surface area (Å²) in [5.74, 6) is 1.46. The van der Waals surface area contributed by atoms with Crippen LogP contribution >= 0.6 is 0 Å². The number of para-hydroxylation sites is 3. The molecule has 5 heteroatoms. The normalized spacial score (nSPS) is 12.4. The Morgan fingerprint density at radius 1 is 0.824 bits per heavy atom. The Balaban J connectivity index is 1.53. The molecule has 0 atom stereocenters. The predicted molar refractivity (Wildman–Crippen MR) is 139 cm³/mol. The molecular formula is C29H24N4O. The second-order valence-electron chi connectivity index (χ2n) is 8.86. The minimum atomic E-state index is 0.184. The molecule has 0 fully saturated rings. The monoisotopic (exact) mass is 444 g/mol. The highest BCUT2D eigenvalue weighted by atomic mass is 16.3. The van der Waals surface area contributed by atoms with E-state index in [2.05, 4.69) is 66.5 Å². The minimum absolute atomic E-state index is 0.184. The fourth-order valence-electron chi connectivity index (χ4n) is 4.49. The van der Waals surface area contributed by atoms with Crippen molar-refractivity contribution in [3.8, 4) is 17.0 Å². The highest BCUT2D eigenvalue weighted by molar-refractivity contribution is 5.97. The van der Waals surface area contributed by atoms with Gasteiger partial charge in [0.2, 0.25) is 0 Å². The van der Waals surface area contributed by atoms with E-state index in [-0.39, 0.29) is 5.75 Å². The number of hydrogen-bond donors (Lipinski definition) is 2. The molecule has 1 aliphatic heterocycles. The molecule has 0 amide bonds. The van der Waals surface area contributed by atoms with E-state index >= 15 is 0 Å². The van der Waals surface area contributed by atoms with E-state index in [1.807, 2.05) is 42.6 Å². The van der Waals surface area contributed by atoms with Crippen LogP contribution < -0.4 is 10.2 Å². The van der Waals surface area contributed by atoms with E-state index in [1.54, 1.807) is 6.07 Å². The molecule has 34 heavy (non-hydrogen) atoms. The zero-order valence-electron chi connectivity index (χ0n) is 19.0. The molecule has 0 aliphatic carbocycles. The molecule has 0 saturated heterocycles. The number of fused-ring (bicyclic) bond motifs is 3. The number of benzene rings is 3. The van der Waals surface area contributed by atoms with Crippen LogP contribution in [0.5, 0.6) is 5.75 Å². The van der Waals surface area contributed by atoms with Gasteiger partial charge >= 0.3 is 0 Å². The number of pyridine rings is 2. The van der Waals surface area contributed by atoms with Crippen LogP contribution in [0.2, 0.25) is 0 Å². The van der Waals surface area contributed by atoms with Crippen molar-refractivity contribution in [3.63, 3.8) is 0 Å². The quantitative estimate of drug-likeness (QED) is 0.293. The summed E-state index contributed by atoms with van der Waals surface area (Å²) in [4.78, 5) is 11.7. The number of nitrogens with one attached hydrogen (secondary N) is 1. The van der Waals surface area contributed by atoms with Gasteiger partial charge in [0.25, 0.3) is 0 Å². The number of rotatable bonds is 3. The molecule has 5 aromatic rings. The van der Waals surface area contributed by atoms with Crippen molar-refractivity contribution in [1.82, 2.24) is 9.97 Å². The molecule has 0 unspecified atom stereocenters. The largest absolute Gasteiger partial charge is 0.506 e. The van der Waals surface area contributed by atoms with Gasteiger partial charge in [0.15, 0.2) is 0 Å². The van der Waals surface area contributed by atoms with E-state index in [0.29, 0.717) is 11.4 Å². The summed E-state index contributed by atoms with van der Waals surface area (Å²) in [5.41, 5.74) is 7.70. The molecule has 3 aromatic carbocycles. The van der Waals surface area contributed by atoms with Crippen molar-refractivity contribution in [2.45, 2.75) is 19.8 Å². The van der Waals surface area contributed by atoms with Crippen molar-refractivity contribution >= 4 is 39.5 Å². The average Bonchev–Trinajstić information content (AvgIpc) is 2.87. The highest BCUT2D eigenvalue weighted by Gasteiger charge is 2.25. The van der Waals surface area contributed by atoms with Crippen LogP contribution in [0.3, 0.4) is 0 Å². The number of aromatic hydroxyl groups is 1. The molecule has 3 heterocycles. The lowest BCUT2D eigenvalue weighted by Gasteiger charge is -2.33. The van der Waals surface area contributed by atoms with Gasteiger partial charge in [-0.05, 0) is 60.0 Å². The Hall–Kier alpha value is -4.38. The van der Waals surface area contributed by atoms with Crippen LogP contribution in [-0.4, -0.2) is 15.1 Å². The molecule has 5 nitrogen and oxygen atoms in total. The topological polar surface area (TPSA) is 61.3 Å². The summed E-state index contributed by atoms with van der Waals surface area (Å²) in [6.45, 7) is 4.38. The first kappa shape index (κ1) is 20.2. The van der Waals surface area contributed by atoms with Gasteiger partial charge in [-0.1, -0.05) is 50.2 Å². The molecule has 0 bridgehead atoms. The summed E-state index contributed by atoms with van der Waals surface area (Å²) in [5, 5.41) is 14.8. The maximum absolute atomic E-state index is 10.3. The van der Waals surface area contributed by atoms with Gasteiger partial charge in [-0.25, -0.2) is 9.97 Å². The number of phenols is 1. The summed E-state index contributed by atoms with van der Waals surface area (Å²) in [7, 11) is 0. The first-order valence-electron chi connectivity index (χ1n) is 11.4. The minimum Gasteiger partial charge on any atom is -0.506 e. The van der Waals surface area contributed by atoms with Gasteiger partial charge in [0.05, 0.1) is 28.4 Å². The van der Waals surface area contributed by atoms with Crippen molar-refractivity contribution in [3.05, 3.63) is 96.7 Å². The van der Waals surface area contributed by atoms with Crippen LogP contribution in [0.4, 0.5) is 28.6 Å². The van der Waals surface area contributed by atoms with Crippen LogP contribution in [0.15, 0.2) is 91.1 Å². The summed E-state index contributed by atoms with van der Waals surface area (Å²) < 4.78 is 0. The summed E-state index contributed by atoms with van der Waals surface area (Å²) in [6.07, 6.45) is 1.88. The maximum Gasteiger partial charge on any atom is 0.141 e. The van der Waals surface area contributed by atoms with Gasteiger partial charge in [-0.3, -0.25) is 4.90 Å². The molecule has 0 radical (unpaired) electrons. The van der Waals surface area contributed by atoms with Crippen molar-refractivity contribution < 1.29 is 5.11 Å². The Bertz CT molecular complexity index is 1540. The smallest absolute Gasteiger partial charge is 0.141 e. The van der Waals surface area contributed by atoms with E-state index in [4.69, 9.17) is 9.97 Å². The van der Waals surface area contributed by atoms with Crippen LogP contribution in [0.25, 0.3) is 22.2 Å². The standard InChI is InChI=1S/C29H24N4O/c1-18(2)20-14-15-30-28(17-20)33-25-8-4-3-7-23(25)31-24-13-11-21(16-26(24)33)22-12-10-19-6-5-9-27(34)29(19)32-22/h3-18,31,34H,1-2H3. The van der Waals surface area contributed by atoms with Gasteiger partial charge in [-0.15, -0.1) is 0 Å². The fourth-order valence-corrected chi connectivity index (χ4v) is 4.49. The third-order valence-electron chi connectivity index (χ3n) is 6.31. The lowest BCUT2D eigenvalue weighted by atomic mass is 10.0. The highest BCUT2D eigenvalue weighted by Crippen LogP contribution is 2.48. The van der Waals surface area contributed by atoms with Crippen molar-refractivity contribution in [1.29, 1.82) is 0 Å². The second kappa shape index (κ2) is 7.89. The first-order chi connectivity index (χ1) is 16.6. The Labute approximate surface area is 198 Å². The van der Waals surface area contributed by atoms with Gasteiger partial charge in [-0.2, -0.15) is 0 Å². The first-order valence-corrected chi connectivity index (χ1v) is 11.4. The lowest BCUT2D eigenvalue weighted by Crippen LogP contribution is -2.19. The van der Waals surface area contributed by atoms with E-state index in [1.165, 1.54) is 5.56 Å². The van der Waals surface area contributed by atoms with E-state index in [0.717, 1.165) is 45.2 Å². The van der Waals surface area contributed by atoms with Crippen LogP contribution in [0.1, 0.15) is 25.3 Å². The Morgan fingerprint density at radius 2 is 1.68 bits per heavy atom. The van der Waals surface area contributed by atoms with E-state index < -0.39 is 0 Å². The third kappa shape index (κ3) is 3.33. The molecule has 1 aliphatic rings. The zero-order chi connectivity index (χ0) is 23.2. The number of phenolic OH excluding ortho intramolecular Hbond substituents is 1. The molecule has 0 saturated carbocycles. The zero-order valence-corrected chi connectivity index (χ0v) is 19.0. The van der Waals surface area contributed by atoms with Gasteiger partial charge in [0.1, 0.15) is 17.1 Å². The number of aromatic nitrogens is 2. The lowest BCUT2D eigenvalue weighted by molar-refractivity contribution is 0.480. The molecule has 2 N–H and O–H groups in total. The molecule has 0 spiro atoms. The molecule has 166 valence electrons. The average molecular weight is 445 g/mol. The fraction of sp³-hybridized carbons (Fsp3) is 0.103. The number of nitrogens with zero attached hydrogens (tertiary/aromatic N) is 3. The third-order valence-corrected chi connectivity index (χ3v) is 6.31.